The molecule has 2 rings (SSSR count). The van der Waals surface area contributed by atoms with Gasteiger partial charge in [0.2, 0.25) is 0 Å². The maximum Gasteiger partial charge on any atom is 0.325 e. The molecule has 2 aromatic rings. The molecule has 0 bridgehead atoms. The van der Waals surface area contributed by atoms with Gasteiger partial charge in [-0.15, -0.1) is 0 Å². The van der Waals surface area contributed by atoms with Gasteiger partial charge in [-0.2, -0.15) is 0 Å². The first kappa shape index (κ1) is 16.8. The molecule has 0 aliphatic rings. The summed E-state index contributed by atoms with van der Waals surface area (Å²) in [5, 5.41) is 10.4. The van der Waals surface area contributed by atoms with E-state index in [9.17, 15) is 14.4 Å². The second-order valence-corrected chi connectivity index (χ2v) is 5.40. The van der Waals surface area contributed by atoms with Crippen LogP contribution in [0.15, 0.2) is 30.3 Å². The Bertz CT molecular complexity index is 782. The van der Waals surface area contributed by atoms with Gasteiger partial charge in [0.1, 0.15) is 6.54 Å². The number of carboxylic acid groups (broad SMARTS) is 1. The number of aromatic nitrogens is 1. The number of halogens is 1. The molecule has 1 aromatic carbocycles. The van der Waals surface area contributed by atoms with Crippen molar-refractivity contribution in [3.63, 3.8) is 0 Å². The number of carboxylic acids is 1. The molecule has 1 aromatic heterocycles. The average molecular weight is 335 g/mol. The van der Waals surface area contributed by atoms with E-state index in [1.165, 1.54) is 10.7 Å². The Labute approximate surface area is 137 Å². The van der Waals surface area contributed by atoms with Crippen molar-refractivity contribution in [2.45, 2.75) is 13.8 Å². The molecule has 1 amide bonds. The highest BCUT2D eigenvalue weighted by atomic mass is 35.5. The van der Waals surface area contributed by atoms with Crippen LogP contribution in [0.25, 0.3) is 0 Å². The quantitative estimate of drug-likeness (QED) is 0.852. The van der Waals surface area contributed by atoms with E-state index in [-0.39, 0.29) is 10.6 Å². The number of amides is 1. The molecule has 0 atom stereocenters. The average Bonchev–Trinajstić information content (AvgIpc) is 2.79. The van der Waals surface area contributed by atoms with Crippen LogP contribution >= 0.6 is 11.6 Å². The molecule has 0 unspecified atom stereocenters. The lowest BCUT2D eigenvalue weighted by atomic mass is 10.2. The van der Waals surface area contributed by atoms with Gasteiger partial charge in [0.05, 0.1) is 10.6 Å². The molecule has 0 aliphatic carbocycles. The van der Waals surface area contributed by atoms with Crippen LogP contribution in [0.5, 0.6) is 0 Å². The van der Waals surface area contributed by atoms with E-state index >= 15 is 0 Å². The van der Waals surface area contributed by atoms with E-state index < -0.39 is 18.4 Å². The topological polar surface area (TPSA) is 79.6 Å². The molecule has 7 heteroatoms. The predicted octanol–water partition coefficient (Wildman–Crippen LogP) is 2.43. The number of hydrogen-bond acceptors (Lipinski definition) is 3. The Morgan fingerprint density at radius 2 is 1.96 bits per heavy atom. The fraction of sp³-hybridized carbons (Fsp3) is 0.188. The van der Waals surface area contributed by atoms with Crippen molar-refractivity contribution in [3.05, 3.63) is 57.9 Å². The van der Waals surface area contributed by atoms with E-state index in [0.717, 1.165) is 5.01 Å². The second-order valence-electron chi connectivity index (χ2n) is 4.99. The van der Waals surface area contributed by atoms with Gasteiger partial charge in [0.15, 0.2) is 6.29 Å². The molecule has 0 radical (unpaired) electrons. The van der Waals surface area contributed by atoms with Gasteiger partial charge >= 0.3 is 5.97 Å². The van der Waals surface area contributed by atoms with Gasteiger partial charge in [0.25, 0.3) is 5.91 Å². The SMILES string of the molecule is Cc1cc(C=O)c(C)n1N(CC(=O)O)C(=O)c1ccccc1Cl. The Balaban J connectivity index is 2.56. The van der Waals surface area contributed by atoms with Gasteiger partial charge in [-0.3, -0.25) is 19.1 Å². The normalized spacial score (nSPS) is 10.4. The maximum atomic E-state index is 12.8. The maximum absolute atomic E-state index is 12.8. The number of hydrogen-bond donors (Lipinski definition) is 1. The fourth-order valence-electron chi connectivity index (χ4n) is 2.40. The fourth-order valence-corrected chi connectivity index (χ4v) is 2.62. The molecule has 0 saturated heterocycles. The smallest absolute Gasteiger partial charge is 0.325 e. The third-order valence-electron chi connectivity index (χ3n) is 3.43. The van der Waals surface area contributed by atoms with Gasteiger partial charge in [-0.05, 0) is 32.0 Å². The minimum atomic E-state index is -1.18. The molecule has 1 heterocycles. The highest BCUT2D eigenvalue weighted by molar-refractivity contribution is 6.34. The predicted molar refractivity (Wildman–Crippen MR) is 85.8 cm³/mol. The van der Waals surface area contributed by atoms with E-state index in [1.54, 1.807) is 38.1 Å². The highest BCUT2D eigenvalue weighted by Crippen LogP contribution is 2.20. The van der Waals surface area contributed by atoms with E-state index in [1.807, 2.05) is 0 Å². The third-order valence-corrected chi connectivity index (χ3v) is 3.76. The largest absolute Gasteiger partial charge is 0.480 e. The Kier molecular flexibility index (Phi) is 4.86. The van der Waals surface area contributed by atoms with Crippen molar-refractivity contribution in [1.29, 1.82) is 0 Å². The summed E-state index contributed by atoms with van der Waals surface area (Å²) >= 11 is 6.04. The van der Waals surface area contributed by atoms with Gasteiger partial charge in [-0.25, -0.2) is 5.01 Å². The summed E-state index contributed by atoms with van der Waals surface area (Å²) in [5.74, 6) is -1.73. The first-order valence-electron chi connectivity index (χ1n) is 6.79. The molecular weight excluding hydrogens is 320 g/mol. The summed E-state index contributed by atoms with van der Waals surface area (Å²) in [4.78, 5) is 35.0. The number of aliphatic carboxylic acids is 1. The van der Waals surface area contributed by atoms with Gasteiger partial charge in [0, 0.05) is 17.0 Å². The number of nitrogens with zero attached hydrogens (tertiary/aromatic N) is 2. The van der Waals surface area contributed by atoms with E-state index in [2.05, 4.69) is 0 Å². The number of rotatable bonds is 5. The third kappa shape index (κ3) is 3.27. The lowest BCUT2D eigenvalue weighted by Gasteiger charge is -2.26. The molecule has 0 fully saturated rings. The van der Waals surface area contributed by atoms with Gasteiger partial charge < -0.3 is 5.11 Å². The van der Waals surface area contributed by atoms with Crippen LogP contribution in [0.1, 0.15) is 32.1 Å². The van der Waals surface area contributed by atoms with Crippen LogP contribution in [-0.4, -0.2) is 34.5 Å². The Hall–Kier alpha value is -2.60. The first-order chi connectivity index (χ1) is 10.9. The summed E-state index contributed by atoms with van der Waals surface area (Å²) in [6.07, 6.45) is 0.664. The summed E-state index contributed by atoms with van der Waals surface area (Å²) < 4.78 is 1.42. The van der Waals surface area contributed by atoms with E-state index in [4.69, 9.17) is 16.7 Å². The lowest BCUT2D eigenvalue weighted by molar-refractivity contribution is -0.135. The zero-order valence-corrected chi connectivity index (χ0v) is 13.4. The standard InChI is InChI=1S/C16H15ClN2O4/c1-10-7-12(9-20)11(2)19(10)18(8-15(21)22)16(23)13-5-3-4-6-14(13)17/h3-7,9H,8H2,1-2H3,(H,21,22). The number of carbonyl (C=O) groups excluding carboxylic acids is 2. The van der Waals surface area contributed by atoms with Crippen LogP contribution in [0.2, 0.25) is 5.02 Å². The minimum absolute atomic E-state index is 0.190. The molecule has 0 aliphatic heterocycles. The number of aldehydes is 1. The Morgan fingerprint density at radius 3 is 2.48 bits per heavy atom. The summed E-state index contributed by atoms with van der Waals surface area (Å²) in [6, 6.07) is 7.99. The first-order valence-corrected chi connectivity index (χ1v) is 7.17. The van der Waals surface area contributed by atoms with Crippen LogP contribution < -0.4 is 5.01 Å². The van der Waals surface area contributed by atoms with Crippen molar-refractivity contribution in [1.82, 2.24) is 4.68 Å². The molecule has 23 heavy (non-hydrogen) atoms. The number of carbonyl (C=O) groups is 3. The molecule has 1 N–H and O–H groups in total. The highest BCUT2D eigenvalue weighted by Gasteiger charge is 2.25. The second kappa shape index (κ2) is 6.66. The Morgan fingerprint density at radius 1 is 1.30 bits per heavy atom. The number of aryl methyl sites for hydroxylation is 1. The molecule has 120 valence electrons. The lowest BCUT2D eigenvalue weighted by Crippen LogP contribution is -2.45. The molecule has 0 spiro atoms. The zero-order chi connectivity index (χ0) is 17.1. The molecule has 6 nitrogen and oxygen atoms in total. The zero-order valence-electron chi connectivity index (χ0n) is 12.6. The van der Waals surface area contributed by atoms with Crippen LogP contribution in [0, 0.1) is 13.8 Å². The molecule has 0 saturated carbocycles. The summed E-state index contributed by atoms with van der Waals surface area (Å²) in [7, 11) is 0. The van der Waals surface area contributed by atoms with Crippen molar-refractivity contribution in [2.24, 2.45) is 0 Å². The van der Waals surface area contributed by atoms with Crippen LogP contribution in [0.3, 0.4) is 0 Å². The van der Waals surface area contributed by atoms with Crippen molar-refractivity contribution >= 4 is 29.8 Å². The number of benzene rings is 1. The van der Waals surface area contributed by atoms with Crippen molar-refractivity contribution < 1.29 is 19.5 Å². The summed E-state index contributed by atoms with van der Waals surface area (Å²) in [5.41, 5.74) is 1.64. The minimum Gasteiger partial charge on any atom is -0.480 e. The van der Waals surface area contributed by atoms with E-state index in [0.29, 0.717) is 23.2 Å². The van der Waals surface area contributed by atoms with Crippen LogP contribution in [-0.2, 0) is 4.79 Å². The van der Waals surface area contributed by atoms with Crippen molar-refractivity contribution in [3.8, 4) is 0 Å². The van der Waals surface area contributed by atoms with Crippen molar-refractivity contribution in [2.75, 3.05) is 11.6 Å². The monoisotopic (exact) mass is 334 g/mol. The van der Waals surface area contributed by atoms with Gasteiger partial charge in [-0.1, -0.05) is 23.7 Å². The van der Waals surface area contributed by atoms with Crippen LogP contribution in [0.4, 0.5) is 0 Å². The molecular formula is C16H15ClN2O4. The summed E-state index contributed by atoms with van der Waals surface area (Å²) in [6.45, 7) is 2.78.